The number of carbonyl (C=O) groups excluding carboxylic acids is 2. The largest absolute Gasteiger partial charge is 0.507 e. The molecule has 0 spiro atoms. The van der Waals surface area contributed by atoms with Crippen LogP contribution in [0.25, 0.3) is 5.76 Å². The van der Waals surface area contributed by atoms with E-state index in [1.54, 1.807) is 24.3 Å². The van der Waals surface area contributed by atoms with Crippen molar-refractivity contribution in [3.05, 3.63) is 99.1 Å². The summed E-state index contributed by atoms with van der Waals surface area (Å²) < 4.78 is 12.3. The summed E-state index contributed by atoms with van der Waals surface area (Å²) >= 11 is 8.95. The highest BCUT2D eigenvalue weighted by Crippen LogP contribution is 2.46. The first kappa shape index (κ1) is 32.5. The Balaban J connectivity index is 1.58. The molecule has 1 atom stereocenters. The molecule has 4 aromatic rings. The molecule has 11 heteroatoms. The van der Waals surface area contributed by atoms with Gasteiger partial charge in [0, 0.05) is 16.3 Å². The molecule has 8 nitrogen and oxygen atoms in total. The van der Waals surface area contributed by atoms with Crippen molar-refractivity contribution in [2.45, 2.75) is 50.3 Å². The van der Waals surface area contributed by atoms with Crippen molar-refractivity contribution in [3.8, 4) is 11.5 Å². The highest BCUT2D eigenvalue weighted by molar-refractivity contribution is 8.00. The van der Waals surface area contributed by atoms with E-state index in [1.807, 2.05) is 50.2 Å². The maximum atomic E-state index is 13.7. The lowest BCUT2D eigenvalue weighted by atomic mass is 9.93. The number of aromatic nitrogens is 2. The number of methoxy groups -OCH3 is 1. The van der Waals surface area contributed by atoms with Crippen LogP contribution in [0.5, 0.6) is 11.5 Å². The van der Waals surface area contributed by atoms with Crippen LogP contribution in [0, 0.1) is 19.8 Å². The molecule has 1 aromatic heterocycles. The van der Waals surface area contributed by atoms with Gasteiger partial charge in [0.15, 0.2) is 15.8 Å². The van der Waals surface area contributed by atoms with Crippen LogP contribution in [-0.4, -0.2) is 40.7 Å². The van der Waals surface area contributed by atoms with Crippen LogP contribution in [0.4, 0.5) is 5.13 Å². The molecule has 0 bridgehead atoms. The number of hydrogen-bond donors (Lipinski definition) is 1. The molecule has 1 aliphatic heterocycles. The number of ketones is 1. The van der Waals surface area contributed by atoms with Crippen molar-refractivity contribution in [2.75, 3.05) is 18.6 Å². The summed E-state index contributed by atoms with van der Waals surface area (Å²) in [6.45, 7) is 8.50. The lowest BCUT2D eigenvalue weighted by Gasteiger charge is -2.24. The summed E-state index contributed by atoms with van der Waals surface area (Å²) in [4.78, 5) is 28.8. The predicted octanol–water partition coefficient (Wildman–Crippen LogP) is 8.16. The number of nitrogens with zero attached hydrogens (tertiary/aromatic N) is 3. The Kier molecular flexibility index (Phi) is 10.2. The van der Waals surface area contributed by atoms with Gasteiger partial charge in [-0.2, -0.15) is 0 Å². The third-order valence-corrected chi connectivity index (χ3v) is 9.93. The number of rotatable bonds is 11. The van der Waals surface area contributed by atoms with Crippen LogP contribution in [0.3, 0.4) is 0 Å². The van der Waals surface area contributed by atoms with E-state index in [1.165, 1.54) is 35.1 Å². The van der Waals surface area contributed by atoms with E-state index in [9.17, 15) is 14.7 Å². The normalized spacial score (nSPS) is 16.1. The number of amides is 1. The van der Waals surface area contributed by atoms with E-state index in [4.69, 9.17) is 21.1 Å². The van der Waals surface area contributed by atoms with Gasteiger partial charge in [-0.3, -0.25) is 14.5 Å². The molecule has 1 fully saturated rings. The van der Waals surface area contributed by atoms with Gasteiger partial charge < -0.3 is 14.6 Å². The molecule has 3 aromatic carbocycles. The molecule has 45 heavy (non-hydrogen) atoms. The number of halogens is 1. The zero-order valence-corrected chi connectivity index (χ0v) is 28.1. The number of aryl methyl sites for hydroxylation is 2. The SMILES string of the molecule is COc1cc(C2/C(=C(\O)c3cc(C)ccc3C)C(=O)C(=O)N2c2nnc(SCc3ccccc3Cl)s2)ccc1OCCC(C)C. The Bertz CT molecular complexity index is 1770. The van der Waals surface area contributed by atoms with E-state index in [0.717, 1.165) is 23.1 Å². The minimum Gasteiger partial charge on any atom is -0.507 e. The Morgan fingerprint density at radius 1 is 1.07 bits per heavy atom. The topological polar surface area (TPSA) is 102 Å². The average Bonchev–Trinajstić information content (AvgIpc) is 3.59. The Morgan fingerprint density at radius 2 is 1.84 bits per heavy atom. The molecule has 5 rings (SSSR count). The van der Waals surface area contributed by atoms with Gasteiger partial charge in [-0.1, -0.05) is 90.5 Å². The van der Waals surface area contributed by atoms with E-state index >= 15 is 0 Å². The standard InChI is InChI=1S/C34H34ClN3O5S2/c1-19(2)14-15-43-26-13-12-22(17-27(26)42-5)29-28(30(39)24-16-20(3)10-11-21(24)4)31(40)32(41)38(29)33-36-37-34(45-33)44-18-23-8-6-7-9-25(23)35/h6-13,16-17,19,29,39H,14-15,18H2,1-5H3/b30-28+. The third kappa shape index (κ3) is 7.03. The molecule has 0 saturated carbocycles. The zero-order chi connectivity index (χ0) is 32.2. The summed E-state index contributed by atoms with van der Waals surface area (Å²) in [5.41, 5.74) is 3.61. The van der Waals surface area contributed by atoms with Crippen LogP contribution in [0.1, 0.15) is 54.1 Å². The number of anilines is 1. The number of aliphatic hydroxyl groups is 1. The van der Waals surface area contributed by atoms with E-state index in [2.05, 4.69) is 24.0 Å². The molecular weight excluding hydrogens is 630 g/mol. The molecule has 1 N–H and O–H groups in total. The van der Waals surface area contributed by atoms with E-state index in [-0.39, 0.29) is 16.5 Å². The first-order valence-electron chi connectivity index (χ1n) is 14.5. The van der Waals surface area contributed by atoms with Crippen molar-refractivity contribution >= 4 is 57.3 Å². The van der Waals surface area contributed by atoms with Gasteiger partial charge in [0.1, 0.15) is 5.76 Å². The van der Waals surface area contributed by atoms with Gasteiger partial charge in [-0.25, -0.2) is 0 Å². The lowest BCUT2D eigenvalue weighted by molar-refractivity contribution is -0.132. The first-order valence-corrected chi connectivity index (χ1v) is 16.7. The van der Waals surface area contributed by atoms with Gasteiger partial charge >= 0.3 is 5.91 Å². The lowest BCUT2D eigenvalue weighted by Crippen LogP contribution is -2.29. The van der Waals surface area contributed by atoms with Gasteiger partial charge in [-0.05, 0) is 67.1 Å². The minimum atomic E-state index is -0.988. The summed E-state index contributed by atoms with van der Waals surface area (Å²) in [5.74, 6) is 0.149. The number of benzene rings is 3. The Labute approximate surface area is 276 Å². The average molecular weight is 664 g/mol. The van der Waals surface area contributed by atoms with Crippen LogP contribution in [-0.2, 0) is 15.3 Å². The van der Waals surface area contributed by atoms with Gasteiger partial charge in [0.2, 0.25) is 5.13 Å². The van der Waals surface area contributed by atoms with Gasteiger partial charge in [0.05, 0.1) is 25.3 Å². The number of aliphatic hydroxyl groups excluding tert-OH is 1. The molecule has 234 valence electrons. The molecular formula is C34H34ClN3O5S2. The molecule has 1 aliphatic rings. The molecule has 1 unspecified atom stereocenters. The smallest absolute Gasteiger partial charge is 0.301 e. The second-order valence-electron chi connectivity index (χ2n) is 11.2. The minimum absolute atomic E-state index is 0.0373. The summed E-state index contributed by atoms with van der Waals surface area (Å²) in [7, 11) is 1.54. The van der Waals surface area contributed by atoms with Crippen LogP contribution >= 0.6 is 34.7 Å². The number of Topliss-reactive ketones (excluding diaryl/α,β-unsaturated/α-hetero) is 1. The fraction of sp³-hybridized carbons (Fsp3) is 0.294. The maximum Gasteiger partial charge on any atom is 0.301 e. The Hall–Kier alpha value is -3.86. The highest BCUT2D eigenvalue weighted by Gasteiger charge is 2.48. The molecule has 0 radical (unpaired) electrons. The van der Waals surface area contributed by atoms with E-state index < -0.39 is 17.7 Å². The van der Waals surface area contributed by atoms with Crippen molar-refractivity contribution in [1.29, 1.82) is 0 Å². The predicted molar refractivity (Wildman–Crippen MR) is 180 cm³/mol. The molecule has 1 saturated heterocycles. The van der Waals surface area contributed by atoms with Crippen molar-refractivity contribution in [1.82, 2.24) is 10.2 Å². The molecule has 0 aliphatic carbocycles. The second kappa shape index (κ2) is 14.1. The van der Waals surface area contributed by atoms with Gasteiger partial charge in [-0.15, -0.1) is 10.2 Å². The first-order chi connectivity index (χ1) is 21.6. The second-order valence-corrected chi connectivity index (χ2v) is 13.7. The number of hydrogen-bond acceptors (Lipinski definition) is 9. The summed E-state index contributed by atoms with van der Waals surface area (Å²) in [6, 6.07) is 17.4. The third-order valence-electron chi connectivity index (χ3n) is 7.46. The van der Waals surface area contributed by atoms with Crippen LogP contribution in [0.2, 0.25) is 5.02 Å². The van der Waals surface area contributed by atoms with Crippen LogP contribution < -0.4 is 14.4 Å². The van der Waals surface area contributed by atoms with Crippen molar-refractivity contribution in [3.63, 3.8) is 0 Å². The fourth-order valence-corrected chi connectivity index (χ4v) is 7.13. The fourth-order valence-electron chi connectivity index (χ4n) is 4.97. The van der Waals surface area contributed by atoms with Crippen LogP contribution in [0.15, 0.2) is 70.6 Å². The monoisotopic (exact) mass is 663 g/mol. The summed E-state index contributed by atoms with van der Waals surface area (Å²) in [6.07, 6.45) is 0.870. The Morgan fingerprint density at radius 3 is 2.58 bits per heavy atom. The summed E-state index contributed by atoms with van der Waals surface area (Å²) in [5, 5.41) is 21.2. The van der Waals surface area contributed by atoms with Crippen molar-refractivity contribution in [2.24, 2.45) is 5.92 Å². The maximum absolute atomic E-state index is 13.7. The zero-order valence-electron chi connectivity index (χ0n) is 25.7. The van der Waals surface area contributed by atoms with Crippen molar-refractivity contribution < 1.29 is 24.2 Å². The number of thioether (sulfide) groups is 1. The number of ether oxygens (including phenoxy) is 2. The van der Waals surface area contributed by atoms with E-state index in [0.29, 0.717) is 50.3 Å². The molecule has 2 heterocycles. The van der Waals surface area contributed by atoms with Gasteiger partial charge in [0.25, 0.3) is 5.78 Å². The quantitative estimate of drug-likeness (QED) is 0.0564. The molecule has 1 amide bonds. The number of carbonyl (C=O) groups is 2. The highest BCUT2D eigenvalue weighted by atomic mass is 35.5.